The van der Waals surface area contributed by atoms with E-state index >= 15 is 0 Å². The maximum absolute atomic E-state index is 12.4. The van der Waals surface area contributed by atoms with Crippen molar-refractivity contribution in [3.05, 3.63) is 76.3 Å². The highest BCUT2D eigenvalue weighted by Gasteiger charge is 2.46. The Morgan fingerprint density at radius 2 is 1.69 bits per heavy atom. The molecule has 0 spiro atoms. The molecule has 0 aliphatic carbocycles. The number of carbonyl (C=O) groups is 1. The number of nitrogens with zero attached hydrogens (tertiary/aromatic N) is 3. The minimum Gasteiger partial charge on any atom is -0.392 e. The number of hydrogen-bond acceptors (Lipinski definition) is 15. The largest absolute Gasteiger partial charge is 0.481 e. The van der Waals surface area contributed by atoms with E-state index in [0.29, 0.717) is 5.56 Å². The number of fused-ring (bicyclic) bond motifs is 1. The molecule has 1 saturated heterocycles. The van der Waals surface area contributed by atoms with Crippen LogP contribution < -0.4 is 16.6 Å². The smallest absolute Gasteiger partial charge is 0.392 e. The lowest BCUT2D eigenvalue weighted by Crippen LogP contribution is -2.33. The van der Waals surface area contributed by atoms with Gasteiger partial charge in [-0.3, -0.25) is 28.2 Å². The van der Waals surface area contributed by atoms with Crippen molar-refractivity contribution in [2.24, 2.45) is 0 Å². The second kappa shape index (κ2) is 15.0. The van der Waals surface area contributed by atoms with Crippen LogP contribution in [0.4, 0.5) is 5.95 Å². The normalized spacial score (nSPS) is 21.9. The lowest BCUT2D eigenvalue weighted by molar-refractivity contribution is -0.123. The van der Waals surface area contributed by atoms with Gasteiger partial charge in [-0.25, -0.2) is 14.1 Å². The van der Waals surface area contributed by atoms with E-state index in [1.54, 1.807) is 30.3 Å². The van der Waals surface area contributed by atoms with Gasteiger partial charge in [0.25, 0.3) is 5.56 Å². The number of nitrogen functional groups attached to an aromatic ring is 1. The summed E-state index contributed by atoms with van der Waals surface area (Å²) in [6, 6.07) is 14.4. The first-order chi connectivity index (χ1) is 22.8. The van der Waals surface area contributed by atoms with E-state index < -0.39 is 64.9 Å². The topological polar surface area (TPSA) is 291 Å². The first-order valence-electron chi connectivity index (χ1n) is 13.9. The fraction of sp³-hybridized carbons (Fsp3) is 0.308. The molecule has 258 valence electrons. The first kappa shape index (κ1) is 35.8. The van der Waals surface area contributed by atoms with Crippen LogP contribution in [0.1, 0.15) is 17.4 Å². The van der Waals surface area contributed by atoms with Gasteiger partial charge in [-0.15, -0.1) is 0 Å². The summed E-state index contributed by atoms with van der Waals surface area (Å²) in [4.78, 5) is 56.1. The highest BCUT2D eigenvalue weighted by atomic mass is 32.2. The number of aromatic amines is 1. The molecule has 1 aliphatic rings. The molecule has 0 bridgehead atoms. The summed E-state index contributed by atoms with van der Waals surface area (Å²) in [5, 5.41) is 33.1. The van der Waals surface area contributed by atoms with Crippen molar-refractivity contribution in [2.45, 2.75) is 47.5 Å². The van der Waals surface area contributed by atoms with E-state index in [4.69, 9.17) is 15.0 Å². The van der Waals surface area contributed by atoms with Crippen LogP contribution in [0, 0.1) is 0 Å². The number of nitrogens with two attached hydrogens (primary N) is 1. The molecule has 2 unspecified atom stereocenters. The molecular formula is C26H30N6O13P2S. The third kappa shape index (κ3) is 8.56. The number of nitrogens with one attached hydrogen (secondary N) is 2. The van der Waals surface area contributed by atoms with Crippen molar-refractivity contribution in [3.8, 4) is 0 Å². The highest BCUT2D eigenvalue weighted by Crippen LogP contribution is 2.60. The zero-order chi connectivity index (χ0) is 34.6. The highest BCUT2D eigenvalue weighted by molar-refractivity contribution is 7.99. The molecule has 2 aromatic heterocycles. The van der Waals surface area contributed by atoms with Gasteiger partial charge >= 0.3 is 15.6 Å². The summed E-state index contributed by atoms with van der Waals surface area (Å²) < 4.78 is 44.9. The van der Waals surface area contributed by atoms with Crippen LogP contribution in [0.15, 0.2) is 69.4 Å². The summed E-state index contributed by atoms with van der Waals surface area (Å²) >= 11 is 1.37. The number of rotatable bonds is 14. The second-order valence-corrected chi connectivity index (χ2v) is 14.3. The standard InChI is InChI=1S/C26H30N6O13P2S/c27-26-30-23-20(24(37)31-26)29-13-32(23)25-22(36)21(35)16(44-25)11-42-46(38,39)45-47(40,41)43-12-19(34)28-9-14-5-1-3-7-17(14)48-18-8-4-2-6-15(18)10-33/h1-8,13,16,21-22,25,33,35-36H,9-12H2,(H,28,34)(H,38,39)(H,40,41)(H3,27,30,31,37)/t16-,21-,22-,25-/m1/s1. The van der Waals surface area contributed by atoms with E-state index in [9.17, 15) is 43.8 Å². The fourth-order valence-corrected chi connectivity index (χ4v) is 7.66. The fourth-order valence-electron chi connectivity index (χ4n) is 4.56. The predicted molar refractivity (Wildman–Crippen MR) is 166 cm³/mol. The molecule has 19 nitrogen and oxygen atoms in total. The number of amides is 1. The molecule has 3 heterocycles. The molecule has 22 heteroatoms. The number of anilines is 1. The summed E-state index contributed by atoms with van der Waals surface area (Å²) in [7, 11) is -10.7. The van der Waals surface area contributed by atoms with Gasteiger partial charge in [0.2, 0.25) is 11.9 Å². The Bertz CT molecular complexity index is 1940. The Labute approximate surface area is 274 Å². The molecule has 1 aliphatic heterocycles. The van der Waals surface area contributed by atoms with E-state index in [1.165, 1.54) is 11.8 Å². The van der Waals surface area contributed by atoms with Crippen LogP contribution in [0.25, 0.3) is 11.2 Å². The number of aliphatic hydroxyl groups excluding tert-OH is 3. The Balaban J connectivity index is 1.11. The number of phosphoric acid groups is 2. The Hall–Kier alpha value is -3.49. The molecule has 2 aromatic carbocycles. The number of hydrogen-bond donors (Lipinski definition) is 8. The number of aliphatic hydroxyl groups is 3. The van der Waals surface area contributed by atoms with Crippen molar-refractivity contribution >= 4 is 50.4 Å². The number of H-pyrrole nitrogens is 1. The maximum Gasteiger partial charge on any atom is 0.481 e. The zero-order valence-corrected chi connectivity index (χ0v) is 27.2. The molecule has 6 atom stereocenters. The monoisotopic (exact) mass is 728 g/mol. The van der Waals surface area contributed by atoms with Crippen LogP contribution >= 0.6 is 27.4 Å². The first-order valence-corrected chi connectivity index (χ1v) is 17.7. The molecule has 0 saturated carbocycles. The lowest BCUT2D eigenvalue weighted by Gasteiger charge is -2.19. The molecule has 48 heavy (non-hydrogen) atoms. The number of benzene rings is 2. The van der Waals surface area contributed by atoms with Crippen LogP contribution in [0.3, 0.4) is 0 Å². The number of aromatic nitrogens is 4. The van der Waals surface area contributed by atoms with E-state index in [0.717, 1.165) is 26.2 Å². The minimum absolute atomic E-state index is 0.00375. The van der Waals surface area contributed by atoms with Crippen molar-refractivity contribution in [1.82, 2.24) is 24.8 Å². The van der Waals surface area contributed by atoms with Crippen molar-refractivity contribution < 1.29 is 57.1 Å². The van der Waals surface area contributed by atoms with Crippen molar-refractivity contribution in [2.75, 3.05) is 18.9 Å². The molecule has 1 amide bonds. The van der Waals surface area contributed by atoms with Gasteiger partial charge in [0, 0.05) is 16.3 Å². The molecule has 0 radical (unpaired) electrons. The van der Waals surface area contributed by atoms with Crippen molar-refractivity contribution in [3.63, 3.8) is 0 Å². The van der Waals surface area contributed by atoms with Gasteiger partial charge in [-0.1, -0.05) is 48.2 Å². The van der Waals surface area contributed by atoms with E-state index in [-0.39, 0.29) is 30.3 Å². The van der Waals surface area contributed by atoms with Gasteiger partial charge in [0.15, 0.2) is 17.4 Å². The number of phosphoric ester groups is 2. The van der Waals surface area contributed by atoms with E-state index in [2.05, 4.69) is 29.1 Å². The quantitative estimate of drug-likeness (QED) is 0.0822. The summed E-state index contributed by atoms with van der Waals surface area (Å²) in [5.74, 6) is -1.11. The van der Waals surface area contributed by atoms with Crippen molar-refractivity contribution in [1.29, 1.82) is 0 Å². The molecule has 1 fully saturated rings. The molecule has 5 rings (SSSR count). The Kier molecular flexibility index (Phi) is 11.2. The van der Waals surface area contributed by atoms with Gasteiger partial charge in [0.05, 0.1) is 19.5 Å². The molecule has 4 aromatic rings. The van der Waals surface area contributed by atoms with Crippen LogP contribution in [0.5, 0.6) is 0 Å². The predicted octanol–water partition coefficient (Wildman–Crippen LogP) is 0.531. The van der Waals surface area contributed by atoms with Gasteiger partial charge < -0.3 is 40.9 Å². The SMILES string of the molecule is Nc1nc2c(ncn2[C@@H]2O[C@H](COP(=O)(O)OP(=O)(O)OCC(=O)NCc3ccccc3Sc3ccccc3CO)[C@@H](O)[C@H]2O)c(=O)[nH]1. The van der Waals surface area contributed by atoms with Gasteiger partial charge in [-0.05, 0) is 23.3 Å². The van der Waals surface area contributed by atoms with Gasteiger partial charge in [0.1, 0.15) is 24.9 Å². The maximum atomic E-state index is 12.4. The zero-order valence-electron chi connectivity index (χ0n) is 24.6. The summed E-state index contributed by atoms with van der Waals surface area (Å²) in [6.45, 7) is -2.12. The summed E-state index contributed by atoms with van der Waals surface area (Å²) in [5.41, 5.74) is 6.09. The average Bonchev–Trinajstić information content (AvgIpc) is 3.58. The van der Waals surface area contributed by atoms with Crippen LogP contribution in [-0.4, -0.2) is 82.1 Å². The summed E-state index contributed by atoms with van der Waals surface area (Å²) in [6.07, 6.45) is -5.14. The average molecular weight is 729 g/mol. The van der Waals surface area contributed by atoms with Crippen LogP contribution in [0.2, 0.25) is 0 Å². The second-order valence-electron chi connectivity index (χ2n) is 10.2. The third-order valence-electron chi connectivity index (χ3n) is 6.84. The van der Waals surface area contributed by atoms with Crippen LogP contribution in [-0.2, 0) is 45.2 Å². The van der Waals surface area contributed by atoms with E-state index in [1.807, 2.05) is 18.2 Å². The number of carbonyl (C=O) groups excluding carboxylic acids is 1. The third-order valence-corrected chi connectivity index (χ3v) is 10.7. The molecular weight excluding hydrogens is 698 g/mol. The lowest BCUT2D eigenvalue weighted by atomic mass is 10.1. The minimum atomic E-state index is -5.37. The Morgan fingerprint density at radius 3 is 2.40 bits per heavy atom. The number of imidazole rings is 1. The van der Waals surface area contributed by atoms with Gasteiger partial charge in [-0.2, -0.15) is 9.29 Å². The molecule has 9 N–H and O–H groups in total. The number of ether oxygens (including phenoxy) is 1. The Morgan fingerprint density at radius 1 is 1.04 bits per heavy atom.